The molecule has 0 aromatic heterocycles. The van der Waals surface area contributed by atoms with Crippen LogP contribution in [0.4, 0.5) is 0 Å². The second-order valence-corrected chi connectivity index (χ2v) is 33.4. The van der Waals surface area contributed by atoms with E-state index in [1.165, 1.54) is 6.92 Å². The van der Waals surface area contributed by atoms with Gasteiger partial charge in [0, 0.05) is 25.2 Å². The van der Waals surface area contributed by atoms with Crippen molar-refractivity contribution in [3.63, 3.8) is 0 Å². The lowest BCUT2D eigenvalue weighted by molar-refractivity contribution is -0.344. The molecule has 1 aliphatic heterocycles. The van der Waals surface area contributed by atoms with Crippen LogP contribution in [0.5, 0.6) is 0 Å². The predicted octanol–water partition coefficient (Wildman–Crippen LogP) is 10.2. The van der Waals surface area contributed by atoms with E-state index in [9.17, 15) is 14.7 Å². The van der Waals surface area contributed by atoms with Crippen LogP contribution >= 0.6 is 0 Å². The number of ether oxygens (including phenoxy) is 3. The van der Waals surface area contributed by atoms with Crippen LogP contribution < -0.4 is 0 Å². The van der Waals surface area contributed by atoms with Gasteiger partial charge in [0.15, 0.2) is 36.3 Å². The zero-order valence-corrected chi connectivity index (χ0v) is 42.5. The number of rotatable bonds is 18. The van der Waals surface area contributed by atoms with Crippen LogP contribution in [0.3, 0.4) is 0 Å². The fourth-order valence-corrected chi connectivity index (χ4v) is 20.4. The Morgan fingerprint density at radius 3 is 1.75 bits per heavy atom. The highest BCUT2D eigenvalue weighted by Gasteiger charge is 2.79. The average molecular weight is 887 g/mol. The first-order valence-corrected chi connectivity index (χ1v) is 30.9. The normalized spacial score (nSPS) is 32.9. The highest BCUT2D eigenvalue weighted by Crippen LogP contribution is 2.65. The van der Waals surface area contributed by atoms with E-state index in [1.54, 1.807) is 24.3 Å². The first-order valence-electron chi connectivity index (χ1n) is 23.3. The minimum Gasteiger partial charge on any atom is -0.455 e. The molecule has 338 valence electrons. The number of carbonyl (C=O) groups excluding carboxylic acids is 3. The summed E-state index contributed by atoms with van der Waals surface area (Å²) in [5.41, 5.74) is -4.01. The molecule has 2 bridgehead atoms. The summed E-state index contributed by atoms with van der Waals surface area (Å²) in [4.78, 5) is 45.0. The number of Topliss-reactive ketones (excluding diaryl/α,β-unsaturated/α-hetero) is 1. The maximum absolute atomic E-state index is 16.8. The smallest absolute Gasteiger partial charge is 0.338 e. The third-order valence-corrected chi connectivity index (χ3v) is 30.7. The van der Waals surface area contributed by atoms with Crippen molar-refractivity contribution in [2.75, 3.05) is 6.61 Å². The molecule has 5 rings (SSSR count). The molecule has 9 atom stereocenters. The van der Waals surface area contributed by atoms with Crippen molar-refractivity contribution in [1.82, 2.24) is 0 Å². The molecule has 1 aromatic rings. The first kappa shape index (κ1) is 49.0. The molecule has 1 heterocycles. The first-order chi connectivity index (χ1) is 28.2. The molecular formula is C47H78O10Si3. The second kappa shape index (κ2) is 18.3. The molecule has 13 heteroatoms. The van der Waals surface area contributed by atoms with Gasteiger partial charge in [-0.05, 0) is 91.5 Å². The third kappa shape index (κ3) is 7.85. The summed E-state index contributed by atoms with van der Waals surface area (Å²) in [7, 11) is -7.36. The van der Waals surface area contributed by atoms with Gasteiger partial charge in [0.05, 0.1) is 35.7 Å². The second-order valence-electron chi connectivity index (χ2n) is 19.2. The summed E-state index contributed by atoms with van der Waals surface area (Å²) >= 11 is 0. The van der Waals surface area contributed by atoms with E-state index < -0.39 is 95.4 Å². The fraction of sp³-hybridized carbons (Fsp3) is 0.766. The number of ketones is 1. The fourth-order valence-electron chi connectivity index (χ4n) is 11.9. The molecule has 0 unspecified atom stereocenters. The summed E-state index contributed by atoms with van der Waals surface area (Å²) in [6.07, 6.45) is -3.97. The van der Waals surface area contributed by atoms with Crippen molar-refractivity contribution in [2.24, 2.45) is 16.7 Å². The van der Waals surface area contributed by atoms with Crippen LogP contribution in [0.1, 0.15) is 120 Å². The van der Waals surface area contributed by atoms with Crippen LogP contribution in [0.2, 0.25) is 54.4 Å². The summed E-state index contributed by atoms with van der Waals surface area (Å²) in [6.45, 7) is 28.9. The number of benzene rings is 1. The Morgan fingerprint density at radius 1 is 0.783 bits per heavy atom. The molecule has 0 radical (unpaired) electrons. The van der Waals surface area contributed by atoms with Crippen molar-refractivity contribution in [3.05, 3.63) is 47.0 Å². The minimum absolute atomic E-state index is 0.0203. The maximum atomic E-state index is 16.8. The summed E-state index contributed by atoms with van der Waals surface area (Å²) < 4.78 is 42.4. The van der Waals surface area contributed by atoms with Crippen molar-refractivity contribution < 1.29 is 47.0 Å². The lowest BCUT2D eigenvalue weighted by atomic mass is 9.44. The zero-order valence-electron chi connectivity index (χ0n) is 39.5. The van der Waals surface area contributed by atoms with Gasteiger partial charge in [-0.15, -0.1) is 0 Å². The van der Waals surface area contributed by atoms with Crippen LogP contribution in [-0.4, -0.2) is 96.1 Å². The molecule has 2 saturated carbocycles. The largest absolute Gasteiger partial charge is 0.455 e. The standard InChI is InChI=1S/C47H78O10Si3/c1-15-58(16-2,17-3)55-35-30-47(51)42(53-43(50)34-27-25-24-26-28-34)40-45(14,41(49)39(38(32(35)10)44(47,12)13)57-60(21-7,22-8)23-9)36(56-59(18-4,19-5)20-6)29-37-46(40,31-52-37)54-33(11)48/h24-28,35-37,39-40,42,51H,15-23,29-31H2,1-14H3/t35-,36-,37+,39+,40-,42-,45+,46-,47+/m0/s1. The van der Waals surface area contributed by atoms with Crippen molar-refractivity contribution in [3.8, 4) is 0 Å². The van der Waals surface area contributed by atoms with Gasteiger partial charge in [0.25, 0.3) is 0 Å². The van der Waals surface area contributed by atoms with E-state index in [-0.39, 0.29) is 18.8 Å². The SMILES string of the molecule is CC[Si](CC)(CC)O[C@H]1C(=O)[C@]2(C)[C@@H](O[Si](CC)(CC)CC)C[C@H]3OC[C@@]3(OC(C)=O)[C@H]2[C@H](OC(=O)c2ccccc2)[C@]2(O)C[C@H](O[Si](CC)(CC)CC)C(C)=C1C2(C)C. The zero-order chi connectivity index (χ0) is 44.7. The van der Waals surface area contributed by atoms with E-state index >= 15 is 4.79 Å². The molecule has 1 aromatic carbocycles. The predicted molar refractivity (Wildman–Crippen MR) is 243 cm³/mol. The van der Waals surface area contributed by atoms with Crippen molar-refractivity contribution in [1.29, 1.82) is 0 Å². The molecule has 0 amide bonds. The lowest BCUT2D eigenvalue weighted by Crippen LogP contribution is -2.82. The number of hydrogen-bond donors (Lipinski definition) is 1. The summed E-state index contributed by atoms with van der Waals surface area (Å²) in [5.74, 6) is -2.43. The Kier molecular flexibility index (Phi) is 14.9. The van der Waals surface area contributed by atoms with E-state index in [4.69, 9.17) is 27.5 Å². The van der Waals surface area contributed by atoms with Gasteiger partial charge < -0.3 is 32.6 Å². The Balaban J connectivity index is 1.96. The Morgan fingerprint density at radius 2 is 1.28 bits per heavy atom. The van der Waals surface area contributed by atoms with E-state index in [0.29, 0.717) is 17.6 Å². The molecule has 60 heavy (non-hydrogen) atoms. The minimum atomic E-state index is -2.57. The number of carbonyl (C=O) groups is 3. The topological polar surface area (TPSA) is 127 Å². The van der Waals surface area contributed by atoms with Crippen LogP contribution in [0, 0.1) is 16.7 Å². The monoisotopic (exact) mass is 886 g/mol. The third-order valence-electron chi connectivity index (χ3n) is 16.8. The van der Waals surface area contributed by atoms with Gasteiger partial charge in [-0.25, -0.2) is 4.79 Å². The number of hydrogen-bond acceptors (Lipinski definition) is 10. The molecule has 4 aliphatic rings. The Hall–Kier alpha value is -1.98. The van der Waals surface area contributed by atoms with Gasteiger partial charge in [0.1, 0.15) is 23.9 Å². The molecule has 10 nitrogen and oxygen atoms in total. The molecule has 3 aliphatic carbocycles. The molecule has 3 fully saturated rings. The van der Waals surface area contributed by atoms with Gasteiger partial charge in [-0.2, -0.15) is 0 Å². The molecule has 1 saturated heterocycles. The van der Waals surface area contributed by atoms with E-state index in [2.05, 4.69) is 69.2 Å². The molecule has 0 spiro atoms. The van der Waals surface area contributed by atoms with Crippen LogP contribution in [0.25, 0.3) is 0 Å². The van der Waals surface area contributed by atoms with E-state index in [1.807, 2.05) is 26.8 Å². The number of aliphatic hydroxyl groups is 1. The number of fused-ring (bicyclic) bond motifs is 5. The number of esters is 2. The highest BCUT2D eigenvalue weighted by molar-refractivity contribution is 6.74. The Bertz CT molecular complexity index is 1710. The summed E-state index contributed by atoms with van der Waals surface area (Å²) in [5, 5.41) is 14.3. The molecular weight excluding hydrogens is 809 g/mol. The van der Waals surface area contributed by atoms with Crippen molar-refractivity contribution in [2.45, 2.75) is 206 Å². The summed E-state index contributed by atoms with van der Waals surface area (Å²) in [6, 6.07) is 16.4. The van der Waals surface area contributed by atoms with E-state index in [0.717, 1.165) is 60.0 Å². The van der Waals surface area contributed by atoms with Gasteiger partial charge in [0.2, 0.25) is 0 Å². The quantitative estimate of drug-likeness (QED) is 0.0865. The van der Waals surface area contributed by atoms with Crippen molar-refractivity contribution >= 4 is 42.7 Å². The maximum Gasteiger partial charge on any atom is 0.338 e. The van der Waals surface area contributed by atoms with Crippen LogP contribution in [0.15, 0.2) is 41.5 Å². The van der Waals surface area contributed by atoms with Gasteiger partial charge in [-0.1, -0.05) is 94.4 Å². The van der Waals surface area contributed by atoms with Crippen LogP contribution in [-0.2, 0) is 37.1 Å². The lowest BCUT2D eigenvalue weighted by Gasteiger charge is -2.68. The average Bonchev–Trinajstić information content (AvgIpc) is 3.24. The Labute approximate surface area is 364 Å². The molecule has 1 N–H and O–H groups in total. The van der Waals surface area contributed by atoms with Gasteiger partial charge in [-0.3, -0.25) is 9.59 Å². The van der Waals surface area contributed by atoms with Gasteiger partial charge >= 0.3 is 11.9 Å². The highest BCUT2D eigenvalue weighted by atomic mass is 28.4.